The van der Waals surface area contributed by atoms with Gasteiger partial charge in [-0.3, -0.25) is 4.79 Å². The van der Waals surface area contributed by atoms with Crippen LogP contribution in [0.15, 0.2) is 18.2 Å². The van der Waals surface area contributed by atoms with Crippen molar-refractivity contribution in [3.05, 3.63) is 35.1 Å². The lowest BCUT2D eigenvalue weighted by atomic mass is 10.0. The lowest BCUT2D eigenvalue weighted by Crippen LogP contribution is -2.03. The molecule has 80 valence electrons. The number of carbonyl (C=O) groups is 1. The van der Waals surface area contributed by atoms with Gasteiger partial charge in [0, 0.05) is 6.42 Å². The fraction of sp³-hybridized carbons (Fsp3) is 0.462. The van der Waals surface area contributed by atoms with E-state index in [0.717, 1.165) is 17.9 Å². The van der Waals surface area contributed by atoms with Crippen molar-refractivity contribution in [1.82, 2.24) is 0 Å². The van der Waals surface area contributed by atoms with E-state index in [1.807, 2.05) is 6.92 Å². The van der Waals surface area contributed by atoms with Crippen molar-refractivity contribution in [2.75, 3.05) is 0 Å². The number of hydrogen-bond acceptors (Lipinski definition) is 1. The molecule has 1 aliphatic carbocycles. The molecule has 1 aromatic carbocycles. The Morgan fingerprint density at radius 2 is 2.20 bits per heavy atom. The van der Waals surface area contributed by atoms with E-state index >= 15 is 0 Å². The van der Waals surface area contributed by atoms with Gasteiger partial charge in [0.2, 0.25) is 0 Å². The first-order valence-corrected chi connectivity index (χ1v) is 5.46. The lowest BCUT2D eigenvalue weighted by molar-refractivity contribution is 0.0974. The standard InChI is InChI=1S/C13H15FO/c1-9-2-6-12(14)11(8-9)13(15)7-5-10-3-4-10/h2,6,8,10H,3-5,7H2,1H3. The summed E-state index contributed by atoms with van der Waals surface area (Å²) in [6, 6.07) is 4.71. The van der Waals surface area contributed by atoms with Crippen LogP contribution in [0.3, 0.4) is 0 Å². The Balaban J connectivity index is 2.05. The summed E-state index contributed by atoms with van der Waals surface area (Å²) in [7, 11) is 0. The summed E-state index contributed by atoms with van der Waals surface area (Å²) in [6.45, 7) is 1.87. The Hall–Kier alpha value is -1.18. The molecule has 1 fully saturated rings. The van der Waals surface area contributed by atoms with Crippen molar-refractivity contribution in [2.24, 2.45) is 5.92 Å². The zero-order valence-electron chi connectivity index (χ0n) is 8.92. The number of benzene rings is 1. The third kappa shape index (κ3) is 2.65. The van der Waals surface area contributed by atoms with Gasteiger partial charge in [0.05, 0.1) is 5.56 Å². The van der Waals surface area contributed by atoms with Crippen LogP contribution in [0.5, 0.6) is 0 Å². The molecule has 0 aromatic heterocycles. The normalized spacial score (nSPS) is 15.3. The molecule has 0 spiro atoms. The molecule has 0 radical (unpaired) electrons. The van der Waals surface area contributed by atoms with Crippen LogP contribution >= 0.6 is 0 Å². The summed E-state index contributed by atoms with van der Waals surface area (Å²) in [5.74, 6) is 0.284. The van der Waals surface area contributed by atoms with E-state index in [-0.39, 0.29) is 17.2 Å². The Labute approximate surface area is 89.3 Å². The summed E-state index contributed by atoms with van der Waals surface area (Å²) < 4.78 is 13.3. The van der Waals surface area contributed by atoms with Gasteiger partial charge in [0.1, 0.15) is 5.82 Å². The molecule has 2 rings (SSSR count). The third-order valence-corrected chi connectivity index (χ3v) is 2.90. The van der Waals surface area contributed by atoms with Crippen LogP contribution in [-0.2, 0) is 0 Å². The first-order chi connectivity index (χ1) is 7.16. The molecule has 0 unspecified atom stereocenters. The first kappa shape index (κ1) is 10.3. The smallest absolute Gasteiger partial charge is 0.165 e. The van der Waals surface area contributed by atoms with Crippen LogP contribution in [0.2, 0.25) is 0 Å². The molecule has 1 saturated carbocycles. The minimum Gasteiger partial charge on any atom is -0.294 e. The van der Waals surface area contributed by atoms with Gasteiger partial charge >= 0.3 is 0 Å². The molecule has 0 heterocycles. The molecular weight excluding hydrogens is 191 g/mol. The largest absolute Gasteiger partial charge is 0.294 e. The number of ketones is 1. The summed E-state index contributed by atoms with van der Waals surface area (Å²) >= 11 is 0. The maximum Gasteiger partial charge on any atom is 0.165 e. The molecule has 1 aliphatic rings. The molecule has 0 bridgehead atoms. The lowest BCUT2D eigenvalue weighted by Gasteiger charge is -2.03. The second-order valence-corrected chi connectivity index (χ2v) is 4.39. The van der Waals surface area contributed by atoms with Crippen LogP contribution in [-0.4, -0.2) is 5.78 Å². The third-order valence-electron chi connectivity index (χ3n) is 2.90. The van der Waals surface area contributed by atoms with Crippen molar-refractivity contribution < 1.29 is 9.18 Å². The van der Waals surface area contributed by atoms with Crippen molar-refractivity contribution in [1.29, 1.82) is 0 Å². The summed E-state index contributed by atoms with van der Waals surface area (Å²) in [5, 5.41) is 0. The second-order valence-electron chi connectivity index (χ2n) is 4.39. The minimum absolute atomic E-state index is 0.0527. The van der Waals surface area contributed by atoms with Gasteiger partial charge in [-0.05, 0) is 31.4 Å². The van der Waals surface area contributed by atoms with Crippen molar-refractivity contribution >= 4 is 5.78 Å². The van der Waals surface area contributed by atoms with E-state index in [1.54, 1.807) is 12.1 Å². The average Bonchev–Trinajstić information content (AvgIpc) is 3.02. The predicted molar refractivity (Wildman–Crippen MR) is 57.4 cm³/mol. The Bertz CT molecular complexity index is 380. The molecule has 2 heteroatoms. The number of aryl methyl sites for hydroxylation is 1. The van der Waals surface area contributed by atoms with Crippen molar-refractivity contribution in [3.8, 4) is 0 Å². The van der Waals surface area contributed by atoms with Gasteiger partial charge < -0.3 is 0 Å². The van der Waals surface area contributed by atoms with E-state index in [1.165, 1.54) is 18.9 Å². The molecule has 15 heavy (non-hydrogen) atoms. The van der Waals surface area contributed by atoms with Crippen molar-refractivity contribution in [3.63, 3.8) is 0 Å². The topological polar surface area (TPSA) is 17.1 Å². The quantitative estimate of drug-likeness (QED) is 0.689. The molecule has 0 saturated heterocycles. The van der Waals surface area contributed by atoms with E-state index in [9.17, 15) is 9.18 Å². The molecule has 0 aliphatic heterocycles. The van der Waals surface area contributed by atoms with Crippen LogP contribution in [0.1, 0.15) is 41.6 Å². The highest BCUT2D eigenvalue weighted by atomic mass is 19.1. The molecule has 0 amide bonds. The summed E-state index contributed by atoms with van der Waals surface area (Å²) in [4.78, 5) is 11.7. The maximum absolute atomic E-state index is 13.3. The highest BCUT2D eigenvalue weighted by Crippen LogP contribution is 2.34. The van der Waals surface area contributed by atoms with Gasteiger partial charge in [0.25, 0.3) is 0 Å². The van der Waals surface area contributed by atoms with Gasteiger partial charge in [-0.25, -0.2) is 4.39 Å². The summed E-state index contributed by atoms with van der Waals surface area (Å²) in [5.41, 5.74) is 1.20. The Morgan fingerprint density at radius 1 is 1.47 bits per heavy atom. The number of rotatable bonds is 4. The molecule has 1 nitrogen and oxygen atoms in total. The zero-order valence-corrected chi connectivity index (χ0v) is 8.92. The number of hydrogen-bond donors (Lipinski definition) is 0. The summed E-state index contributed by atoms with van der Waals surface area (Å²) in [6.07, 6.45) is 3.89. The predicted octanol–water partition coefficient (Wildman–Crippen LogP) is 3.51. The first-order valence-electron chi connectivity index (χ1n) is 5.46. The average molecular weight is 206 g/mol. The zero-order chi connectivity index (χ0) is 10.8. The van der Waals surface area contributed by atoms with Crippen LogP contribution in [0, 0.1) is 18.7 Å². The van der Waals surface area contributed by atoms with Crippen LogP contribution in [0.25, 0.3) is 0 Å². The molecule has 1 aromatic rings. The monoisotopic (exact) mass is 206 g/mol. The number of halogens is 1. The van der Waals surface area contributed by atoms with Crippen molar-refractivity contribution in [2.45, 2.75) is 32.6 Å². The SMILES string of the molecule is Cc1ccc(F)c(C(=O)CCC2CC2)c1. The highest BCUT2D eigenvalue weighted by molar-refractivity contribution is 5.96. The van der Waals surface area contributed by atoms with Gasteiger partial charge in [-0.1, -0.05) is 24.5 Å². The Morgan fingerprint density at radius 3 is 2.87 bits per heavy atom. The van der Waals surface area contributed by atoms with E-state index in [4.69, 9.17) is 0 Å². The molecule has 0 N–H and O–H groups in total. The van der Waals surface area contributed by atoms with Crippen LogP contribution in [0.4, 0.5) is 4.39 Å². The molecule has 0 atom stereocenters. The number of Topliss-reactive ketones (excluding diaryl/α,β-unsaturated/α-hetero) is 1. The fourth-order valence-corrected chi connectivity index (χ4v) is 1.73. The van der Waals surface area contributed by atoms with Gasteiger partial charge in [0.15, 0.2) is 5.78 Å². The maximum atomic E-state index is 13.3. The minimum atomic E-state index is -0.388. The van der Waals surface area contributed by atoms with Gasteiger partial charge in [-0.2, -0.15) is 0 Å². The Kier molecular flexibility index (Phi) is 2.85. The van der Waals surface area contributed by atoms with E-state index in [2.05, 4.69) is 0 Å². The van der Waals surface area contributed by atoms with Gasteiger partial charge in [-0.15, -0.1) is 0 Å². The van der Waals surface area contributed by atoms with Crippen LogP contribution < -0.4 is 0 Å². The van der Waals surface area contributed by atoms with E-state index in [0.29, 0.717) is 6.42 Å². The number of carbonyl (C=O) groups excluding carboxylic acids is 1. The highest BCUT2D eigenvalue weighted by Gasteiger charge is 2.22. The fourth-order valence-electron chi connectivity index (χ4n) is 1.73. The second kappa shape index (κ2) is 4.13. The molecular formula is C13H15FO. The van der Waals surface area contributed by atoms with E-state index < -0.39 is 0 Å².